The van der Waals surface area contributed by atoms with Crippen LogP contribution in [0.25, 0.3) is 22.3 Å². The van der Waals surface area contributed by atoms with Crippen molar-refractivity contribution in [1.82, 2.24) is 14.5 Å². The lowest BCUT2D eigenvalue weighted by molar-refractivity contribution is -0.137. The van der Waals surface area contributed by atoms with Crippen molar-refractivity contribution < 1.29 is 18.0 Å². The average Bonchev–Trinajstić information content (AvgIpc) is 3.25. The third kappa shape index (κ3) is 3.57. The van der Waals surface area contributed by atoms with Crippen LogP contribution in [0.15, 0.2) is 58.1 Å². The molecule has 0 aliphatic rings. The van der Waals surface area contributed by atoms with E-state index in [4.69, 9.17) is 0 Å². The third-order valence-corrected chi connectivity index (χ3v) is 5.05. The van der Waals surface area contributed by atoms with Gasteiger partial charge in [-0.1, -0.05) is 18.2 Å². The van der Waals surface area contributed by atoms with Gasteiger partial charge in [0.15, 0.2) is 0 Å². The van der Waals surface area contributed by atoms with E-state index in [0.29, 0.717) is 0 Å². The second-order valence-corrected chi connectivity index (χ2v) is 7.13. The monoisotopic (exact) mass is 430 g/mol. The summed E-state index contributed by atoms with van der Waals surface area (Å²) in [6.45, 7) is 0. The first-order valence-electron chi connectivity index (χ1n) is 8.62. The van der Waals surface area contributed by atoms with Crippen LogP contribution in [-0.4, -0.2) is 20.4 Å². The summed E-state index contributed by atoms with van der Waals surface area (Å²) in [7, 11) is 1.44. The van der Waals surface area contributed by atoms with Crippen molar-refractivity contribution in [3.63, 3.8) is 0 Å². The maximum Gasteiger partial charge on any atom is 0.416 e. The molecule has 0 aliphatic carbocycles. The van der Waals surface area contributed by atoms with E-state index in [1.807, 2.05) is 0 Å². The number of nitrogens with one attached hydrogen (secondary N) is 1. The van der Waals surface area contributed by atoms with Crippen molar-refractivity contribution in [3.8, 4) is 11.4 Å². The van der Waals surface area contributed by atoms with E-state index in [1.165, 1.54) is 40.6 Å². The molecular formula is C20H13F3N4O2S. The molecule has 10 heteroatoms. The molecule has 0 saturated heterocycles. The molecule has 1 N–H and O–H groups in total. The predicted molar refractivity (Wildman–Crippen MR) is 107 cm³/mol. The molecule has 0 unspecified atom stereocenters. The van der Waals surface area contributed by atoms with Gasteiger partial charge < -0.3 is 5.32 Å². The molecule has 0 aliphatic heterocycles. The highest BCUT2D eigenvalue weighted by atomic mass is 32.1. The van der Waals surface area contributed by atoms with E-state index < -0.39 is 23.2 Å². The molecular weight excluding hydrogens is 417 g/mol. The Hall–Kier alpha value is -3.53. The number of benzene rings is 2. The third-order valence-electron chi connectivity index (χ3n) is 4.47. The normalized spacial score (nSPS) is 11.6. The Labute approximate surface area is 171 Å². The number of anilines is 1. The highest BCUT2D eigenvalue weighted by Gasteiger charge is 2.30. The van der Waals surface area contributed by atoms with Gasteiger partial charge in [-0.25, -0.2) is 9.97 Å². The molecule has 4 aromatic rings. The summed E-state index contributed by atoms with van der Waals surface area (Å²) in [5.74, 6) is -0.430. The maximum absolute atomic E-state index is 13.1. The van der Waals surface area contributed by atoms with Gasteiger partial charge in [-0.2, -0.15) is 13.2 Å². The number of fused-ring (bicyclic) bond motifs is 1. The smallest absolute Gasteiger partial charge is 0.319 e. The Morgan fingerprint density at radius 1 is 1.17 bits per heavy atom. The first-order chi connectivity index (χ1) is 14.3. The zero-order valence-electron chi connectivity index (χ0n) is 15.4. The van der Waals surface area contributed by atoms with Gasteiger partial charge in [-0.15, -0.1) is 11.3 Å². The lowest BCUT2D eigenvalue weighted by atomic mass is 10.1. The Morgan fingerprint density at radius 2 is 1.93 bits per heavy atom. The second-order valence-electron chi connectivity index (χ2n) is 6.41. The summed E-state index contributed by atoms with van der Waals surface area (Å²) < 4.78 is 40.5. The number of amides is 1. The number of hydrogen-bond donors (Lipinski definition) is 1. The van der Waals surface area contributed by atoms with Crippen LogP contribution in [0.2, 0.25) is 0 Å². The molecule has 0 atom stereocenters. The van der Waals surface area contributed by atoms with E-state index >= 15 is 0 Å². The molecule has 4 rings (SSSR count). The van der Waals surface area contributed by atoms with Crippen molar-refractivity contribution in [2.45, 2.75) is 6.18 Å². The summed E-state index contributed by atoms with van der Waals surface area (Å²) in [6, 6.07) is 9.27. The van der Waals surface area contributed by atoms with E-state index in [1.54, 1.807) is 23.6 Å². The van der Waals surface area contributed by atoms with Crippen LogP contribution in [-0.2, 0) is 13.2 Å². The Bertz CT molecular complexity index is 1310. The second kappa shape index (κ2) is 7.38. The van der Waals surface area contributed by atoms with Gasteiger partial charge in [-0.05, 0) is 24.3 Å². The number of carbonyl (C=O) groups excluding carboxylic acids is 1. The zero-order chi connectivity index (χ0) is 21.5. The molecule has 30 heavy (non-hydrogen) atoms. The minimum atomic E-state index is -4.53. The number of nitrogens with zero attached hydrogens (tertiary/aromatic N) is 3. The van der Waals surface area contributed by atoms with Crippen molar-refractivity contribution in [2.24, 2.45) is 7.05 Å². The quantitative estimate of drug-likeness (QED) is 0.525. The van der Waals surface area contributed by atoms with Gasteiger partial charge in [0, 0.05) is 18.0 Å². The summed E-state index contributed by atoms with van der Waals surface area (Å²) in [4.78, 5) is 33.6. The molecule has 0 bridgehead atoms. The van der Waals surface area contributed by atoms with E-state index in [9.17, 15) is 22.8 Å². The predicted octanol–water partition coefficient (Wildman–Crippen LogP) is 4.33. The lowest BCUT2D eigenvalue weighted by Crippen LogP contribution is -2.21. The van der Waals surface area contributed by atoms with E-state index in [0.717, 1.165) is 12.1 Å². The fraction of sp³-hybridized carbons (Fsp3) is 0.100. The number of halogens is 3. The fourth-order valence-corrected chi connectivity index (χ4v) is 3.53. The summed E-state index contributed by atoms with van der Waals surface area (Å²) in [5, 5.41) is 4.46. The number of alkyl halides is 3. The molecule has 2 aromatic heterocycles. The Balaban J connectivity index is 1.88. The number of aromatic nitrogens is 3. The largest absolute Gasteiger partial charge is 0.416 e. The zero-order valence-corrected chi connectivity index (χ0v) is 16.2. The van der Waals surface area contributed by atoms with Crippen LogP contribution in [0.4, 0.5) is 18.9 Å². The summed E-state index contributed by atoms with van der Waals surface area (Å²) in [5.41, 5.74) is 0.994. The average molecular weight is 430 g/mol. The summed E-state index contributed by atoms with van der Waals surface area (Å²) >= 11 is 1.26. The molecule has 0 fully saturated rings. The Kier molecular flexibility index (Phi) is 4.86. The molecule has 2 heterocycles. The molecule has 2 aromatic carbocycles. The topological polar surface area (TPSA) is 76.9 Å². The molecule has 0 radical (unpaired) electrons. The standard InChI is InChI=1S/C20H13F3N4O2S/c1-27-17(11-4-2-5-12(8-11)20(21,22)23)26-16-13(19(27)29)6-3-7-14(16)25-18(28)15-9-30-10-24-15/h2-10H,1H3,(H,25,28). The van der Waals surface area contributed by atoms with Gasteiger partial charge >= 0.3 is 6.18 Å². The number of para-hydroxylation sites is 1. The first kappa shape index (κ1) is 19.8. The minimum Gasteiger partial charge on any atom is -0.319 e. The SMILES string of the molecule is Cn1c(-c2cccc(C(F)(F)F)c2)nc2c(NC(=O)c3cscn3)cccc2c1=O. The van der Waals surface area contributed by atoms with Crippen LogP contribution >= 0.6 is 11.3 Å². The highest BCUT2D eigenvalue weighted by molar-refractivity contribution is 7.07. The molecule has 0 saturated carbocycles. The number of carbonyl (C=O) groups is 1. The van der Waals surface area contributed by atoms with Crippen LogP contribution in [0.3, 0.4) is 0 Å². The van der Waals surface area contributed by atoms with Gasteiger partial charge in [-0.3, -0.25) is 14.2 Å². The minimum absolute atomic E-state index is 0.0500. The number of rotatable bonds is 3. The fourth-order valence-electron chi connectivity index (χ4n) is 3.00. The van der Waals surface area contributed by atoms with Crippen LogP contribution < -0.4 is 10.9 Å². The Morgan fingerprint density at radius 3 is 2.63 bits per heavy atom. The van der Waals surface area contributed by atoms with Crippen LogP contribution in [0.1, 0.15) is 16.1 Å². The maximum atomic E-state index is 13.1. The van der Waals surface area contributed by atoms with Gasteiger partial charge in [0.25, 0.3) is 11.5 Å². The van der Waals surface area contributed by atoms with E-state index in [-0.39, 0.29) is 33.7 Å². The number of thiazole rings is 1. The van der Waals surface area contributed by atoms with E-state index in [2.05, 4.69) is 15.3 Å². The molecule has 152 valence electrons. The van der Waals surface area contributed by atoms with Crippen molar-refractivity contribution in [3.05, 3.63) is 75.0 Å². The number of hydrogen-bond acceptors (Lipinski definition) is 5. The highest BCUT2D eigenvalue weighted by Crippen LogP contribution is 2.32. The van der Waals surface area contributed by atoms with Gasteiger partial charge in [0.1, 0.15) is 17.0 Å². The lowest BCUT2D eigenvalue weighted by Gasteiger charge is -2.13. The van der Waals surface area contributed by atoms with Crippen molar-refractivity contribution in [1.29, 1.82) is 0 Å². The molecule has 6 nitrogen and oxygen atoms in total. The van der Waals surface area contributed by atoms with Crippen LogP contribution in [0, 0.1) is 0 Å². The van der Waals surface area contributed by atoms with Gasteiger partial charge in [0.05, 0.1) is 22.1 Å². The van der Waals surface area contributed by atoms with Gasteiger partial charge in [0.2, 0.25) is 0 Å². The first-order valence-corrected chi connectivity index (χ1v) is 9.57. The van der Waals surface area contributed by atoms with Crippen molar-refractivity contribution >= 4 is 33.8 Å². The van der Waals surface area contributed by atoms with Crippen LogP contribution in [0.5, 0.6) is 0 Å². The summed E-state index contributed by atoms with van der Waals surface area (Å²) in [6.07, 6.45) is -4.53. The van der Waals surface area contributed by atoms with Crippen molar-refractivity contribution in [2.75, 3.05) is 5.32 Å². The molecule has 1 amide bonds. The molecule has 0 spiro atoms.